The first-order valence-corrected chi connectivity index (χ1v) is 7.50. The standard InChI is InChI=1S/C13H13N3S2/c1-8(14-2)11-7-18-13(16-11)9-5-12-10(15-6-9)3-4-17-12/h3-8,14H,1-2H3. The van der Waals surface area contributed by atoms with Crippen molar-refractivity contribution in [3.63, 3.8) is 0 Å². The minimum Gasteiger partial charge on any atom is -0.312 e. The predicted octanol–water partition coefficient (Wildman–Crippen LogP) is 3.70. The van der Waals surface area contributed by atoms with Crippen LogP contribution in [0.5, 0.6) is 0 Å². The molecule has 18 heavy (non-hydrogen) atoms. The smallest absolute Gasteiger partial charge is 0.125 e. The zero-order chi connectivity index (χ0) is 12.5. The number of hydrogen-bond donors (Lipinski definition) is 1. The van der Waals surface area contributed by atoms with Crippen molar-refractivity contribution >= 4 is 32.9 Å². The van der Waals surface area contributed by atoms with Crippen molar-refractivity contribution in [2.45, 2.75) is 13.0 Å². The lowest BCUT2D eigenvalue weighted by Crippen LogP contribution is -2.12. The molecule has 0 saturated heterocycles. The van der Waals surface area contributed by atoms with Gasteiger partial charge in [-0.1, -0.05) is 0 Å². The van der Waals surface area contributed by atoms with Crippen LogP contribution in [-0.4, -0.2) is 17.0 Å². The van der Waals surface area contributed by atoms with Gasteiger partial charge in [0, 0.05) is 23.2 Å². The van der Waals surface area contributed by atoms with Gasteiger partial charge in [0.05, 0.1) is 15.9 Å². The van der Waals surface area contributed by atoms with E-state index >= 15 is 0 Å². The fourth-order valence-corrected chi connectivity index (χ4v) is 3.40. The highest BCUT2D eigenvalue weighted by molar-refractivity contribution is 7.17. The SMILES string of the molecule is CNC(C)c1csc(-c2cnc3ccsc3c2)n1. The second-order valence-corrected chi connectivity index (χ2v) is 5.92. The van der Waals surface area contributed by atoms with Crippen molar-refractivity contribution in [3.8, 4) is 10.6 Å². The third kappa shape index (κ3) is 2.05. The molecule has 3 heterocycles. The van der Waals surface area contributed by atoms with Crippen LogP contribution in [0.1, 0.15) is 18.7 Å². The fourth-order valence-electron chi connectivity index (χ4n) is 1.73. The van der Waals surface area contributed by atoms with Gasteiger partial charge in [0.2, 0.25) is 0 Å². The maximum atomic E-state index is 4.66. The Labute approximate surface area is 114 Å². The van der Waals surface area contributed by atoms with Crippen LogP contribution in [-0.2, 0) is 0 Å². The molecule has 0 aliphatic carbocycles. The highest BCUT2D eigenvalue weighted by Crippen LogP contribution is 2.29. The summed E-state index contributed by atoms with van der Waals surface area (Å²) < 4.78 is 1.21. The van der Waals surface area contributed by atoms with Crippen LogP contribution in [0.25, 0.3) is 20.8 Å². The molecule has 0 aliphatic heterocycles. The van der Waals surface area contributed by atoms with Gasteiger partial charge in [-0.15, -0.1) is 22.7 Å². The first-order valence-electron chi connectivity index (χ1n) is 5.74. The zero-order valence-electron chi connectivity index (χ0n) is 10.2. The molecule has 0 amide bonds. The fraction of sp³-hybridized carbons (Fsp3) is 0.231. The molecule has 92 valence electrons. The lowest BCUT2D eigenvalue weighted by molar-refractivity contribution is 0.637. The Balaban J connectivity index is 2.00. The number of fused-ring (bicyclic) bond motifs is 1. The maximum absolute atomic E-state index is 4.66. The Kier molecular flexibility index (Phi) is 3.11. The minimum atomic E-state index is 0.286. The number of thiophene rings is 1. The van der Waals surface area contributed by atoms with Crippen molar-refractivity contribution in [1.82, 2.24) is 15.3 Å². The monoisotopic (exact) mass is 275 g/mol. The number of hydrogen-bond acceptors (Lipinski definition) is 5. The molecule has 0 bridgehead atoms. The summed E-state index contributed by atoms with van der Waals surface area (Å²) in [6.07, 6.45) is 1.90. The summed E-state index contributed by atoms with van der Waals surface area (Å²) in [6, 6.07) is 4.49. The second kappa shape index (κ2) is 4.76. The van der Waals surface area contributed by atoms with Crippen molar-refractivity contribution in [3.05, 3.63) is 34.8 Å². The lowest BCUT2D eigenvalue weighted by atomic mass is 10.2. The average Bonchev–Trinajstić information content (AvgIpc) is 3.05. The Morgan fingerprint density at radius 2 is 2.22 bits per heavy atom. The Bertz CT molecular complexity index is 671. The third-order valence-electron chi connectivity index (χ3n) is 2.95. The molecule has 0 aliphatic rings. The molecule has 0 spiro atoms. The summed E-state index contributed by atoms with van der Waals surface area (Å²) in [5.74, 6) is 0. The first-order chi connectivity index (χ1) is 8.78. The summed E-state index contributed by atoms with van der Waals surface area (Å²) in [5, 5.41) is 8.41. The quantitative estimate of drug-likeness (QED) is 0.792. The molecule has 3 aromatic heterocycles. The van der Waals surface area contributed by atoms with Gasteiger partial charge in [-0.05, 0) is 31.5 Å². The van der Waals surface area contributed by atoms with Crippen LogP contribution in [0.2, 0.25) is 0 Å². The van der Waals surface area contributed by atoms with E-state index < -0.39 is 0 Å². The molecule has 3 aromatic rings. The largest absolute Gasteiger partial charge is 0.312 e. The molecule has 3 nitrogen and oxygen atoms in total. The van der Waals surface area contributed by atoms with E-state index in [0.717, 1.165) is 21.8 Å². The number of nitrogens with zero attached hydrogens (tertiary/aromatic N) is 2. The van der Waals surface area contributed by atoms with E-state index in [1.54, 1.807) is 22.7 Å². The van der Waals surface area contributed by atoms with Crippen molar-refractivity contribution in [2.24, 2.45) is 0 Å². The van der Waals surface area contributed by atoms with Crippen molar-refractivity contribution in [1.29, 1.82) is 0 Å². The molecule has 1 unspecified atom stereocenters. The normalized spacial score (nSPS) is 13.0. The molecule has 1 atom stereocenters. The molecule has 0 aromatic carbocycles. The number of rotatable bonds is 3. The van der Waals surface area contributed by atoms with Crippen LogP contribution >= 0.6 is 22.7 Å². The number of pyridine rings is 1. The van der Waals surface area contributed by atoms with Gasteiger partial charge >= 0.3 is 0 Å². The van der Waals surface area contributed by atoms with Crippen molar-refractivity contribution in [2.75, 3.05) is 7.05 Å². The van der Waals surface area contributed by atoms with Crippen molar-refractivity contribution < 1.29 is 0 Å². The minimum absolute atomic E-state index is 0.286. The molecular weight excluding hydrogens is 262 g/mol. The van der Waals surface area contributed by atoms with E-state index in [9.17, 15) is 0 Å². The van der Waals surface area contributed by atoms with E-state index in [1.165, 1.54) is 4.70 Å². The van der Waals surface area contributed by atoms with Crippen LogP contribution in [0.3, 0.4) is 0 Å². The van der Waals surface area contributed by atoms with E-state index in [-0.39, 0.29) is 6.04 Å². The summed E-state index contributed by atoms with van der Waals surface area (Å²) in [5.41, 5.74) is 3.25. The van der Waals surface area contributed by atoms with Gasteiger partial charge < -0.3 is 5.32 Å². The molecule has 5 heteroatoms. The molecular formula is C13H13N3S2. The third-order valence-corrected chi connectivity index (χ3v) is 4.71. The van der Waals surface area contributed by atoms with E-state index in [1.807, 2.05) is 19.3 Å². The van der Waals surface area contributed by atoms with Gasteiger partial charge in [0.1, 0.15) is 5.01 Å². The first kappa shape index (κ1) is 11.8. The van der Waals surface area contributed by atoms with Gasteiger partial charge in [-0.3, -0.25) is 4.98 Å². The molecule has 0 radical (unpaired) electrons. The highest BCUT2D eigenvalue weighted by atomic mass is 32.1. The summed E-state index contributed by atoms with van der Waals surface area (Å²) in [6.45, 7) is 2.11. The van der Waals surface area contributed by atoms with Crippen LogP contribution < -0.4 is 5.32 Å². The van der Waals surface area contributed by atoms with Gasteiger partial charge in [0.15, 0.2) is 0 Å². The number of thiazole rings is 1. The molecule has 1 N–H and O–H groups in total. The Morgan fingerprint density at radius 1 is 1.33 bits per heavy atom. The highest BCUT2D eigenvalue weighted by Gasteiger charge is 2.10. The zero-order valence-corrected chi connectivity index (χ0v) is 11.8. The number of nitrogens with one attached hydrogen (secondary N) is 1. The van der Waals surface area contributed by atoms with E-state index in [2.05, 4.69) is 39.0 Å². The number of aromatic nitrogens is 2. The second-order valence-electron chi connectivity index (χ2n) is 4.12. The maximum Gasteiger partial charge on any atom is 0.125 e. The van der Waals surface area contributed by atoms with E-state index in [0.29, 0.717) is 0 Å². The molecule has 0 fully saturated rings. The Hall–Kier alpha value is -1.30. The van der Waals surface area contributed by atoms with Gasteiger partial charge in [0.25, 0.3) is 0 Å². The predicted molar refractivity (Wildman–Crippen MR) is 78.2 cm³/mol. The van der Waals surface area contributed by atoms with Crippen LogP contribution in [0, 0.1) is 0 Å². The molecule has 0 saturated carbocycles. The summed E-state index contributed by atoms with van der Waals surface area (Å²) >= 11 is 3.39. The Morgan fingerprint density at radius 3 is 3.06 bits per heavy atom. The van der Waals surface area contributed by atoms with Crippen LogP contribution in [0.15, 0.2) is 29.1 Å². The van der Waals surface area contributed by atoms with E-state index in [4.69, 9.17) is 0 Å². The summed E-state index contributed by atoms with van der Waals surface area (Å²) in [4.78, 5) is 9.12. The average molecular weight is 275 g/mol. The topological polar surface area (TPSA) is 37.8 Å². The summed E-state index contributed by atoms with van der Waals surface area (Å²) in [7, 11) is 1.95. The van der Waals surface area contributed by atoms with Crippen LogP contribution in [0.4, 0.5) is 0 Å². The molecule has 3 rings (SSSR count). The van der Waals surface area contributed by atoms with Gasteiger partial charge in [-0.2, -0.15) is 0 Å². The lowest BCUT2D eigenvalue weighted by Gasteiger charge is -2.04. The van der Waals surface area contributed by atoms with Gasteiger partial charge in [-0.25, -0.2) is 4.98 Å².